The highest BCUT2D eigenvalue weighted by Gasteiger charge is 2.25. The maximum absolute atomic E-state index is 13.4. The minimum atomic E-state index is -0.0932. The van der Waals surface area contributed by atoms with Gasteiger partial charge in [-0.3, -0.25) is 4.79 Å². The minimum absolute atomic E-state index is 0.0119. The lowest BCUT2D eigenvalue weighted by atomic mass is 9.81. The summed E-state index contributed by atoms with van der Waals surface area (Å²) < 4.78 is 10.2. The smallest absolute Gasteiger partial charge is 0.189 e. The largest absolute Gasteiger partial charge is 0.504 e. The number of ether oxygens (including phenoxy) is 2. The number of carbonyl (C=O) groups excluding carboxylic acids is 1. The molecule has 1 aliphatic carbocycles. The molecule has 0 atom stereocenters. The number of phenolic OH excluding ortho intramolecular Hbond substituents is 2. The van der Waals surface area contributed by atoms with E-state index in [1.807, 2.05) is 24.3 Å². The second kappa shape index (κ2) is 8.40. The molecule has 2 N–H and O–H groups in total. The van der Waals surface area contributed by atoms with Crippen LogP contribution in [-0.2, 0) is 11.2 Å². The second-order valence-corrected chi connectivity index (χ2v) is 7.25. The van der Waals surface area contributed by atoms with Crippen LogP contribution < -0.4 is 9.47 Å². The molecule has 0 aromatic heterocycles. The van der Waals surface area contributed by atoms with E-state index < -0.39 is 0 Å². The van der Waals surface area contributed by atoms with E-state index in [9.17, 15) is 15.0 Å². The van der Waals surface area contributed by atoms with E-state index in [-0.39, 0.29) is 17.3 Å². The number of allylic oxidation sites excluding steroid dienone is 2. The van der Waals surface area contributed by atoms with Gasteiger partial charge < -0.3 is 19.7 Å². The lowest BCUT2D eigenvalue weighted by Gasteiger charge is -2.21. The van der Waals surface area contributed by atoms with Crippen molar-refractivity contribution >= 4 is 23.5 Å². The highest BCUT2D eigenvalue weighted by molar-refractivity contribution is 6.35. The molecule has 0 aliphatic heterocycles. The van der Waals surface area contributed by atoms with E-state index >= 15 is 0 Å². The summed E-state index contributed by atoms with van der Waals surface area (Å²) in [6.07, 6.45) is 4.06. The number of Topliss-reactive ketones (excluding diaryl/α,β-unsaturated/α-hetero) is 1. The molecule has 0 amide bonds. The fourth-order valence-corrected chi connectivity index (χ4v) is 3.74. The molecule has 31 heavy (non-hydrogen) atoms. The fourth-order valence-electron chi connectivity index (χ4n) is 3.74. The number of methoxy groups -OCH3 is 2. The summed E-state index contributed by atoms with van der Waals surface area (Å²) in [4.78, 5) is 13.4. The lowest BCUT2D eigenvalue weighted by molar-refractivity contribution is -0.110. The number of hydrogen-bond acceptors (Lipinski definition) is 5. The molecule has 0 heterocycles. The lowest BCUT2D eigenvalue weighted by Crippen LogP contribution is -2.15. The van der Waals surface area contributed by atoms with Crippen molar-refractivity contribution in [2.24, 2.45) is 0 Å². The van der Waals surface area contributed by atoms with Crippen molar-refractivity contribution in [2.45, 2.75) is 6.42 Å². The zero-order chi connectivity index (χ0) is 22.0. The fraction of sp³-hybridized carbons (Fsp3) is 0.115. The Hall–Kier alpha value is -3.99. The molecule has 0 fully saturated rings. The van der Waals surface area contributed by atoms with Crippen molar-refractivity contribution in [1.29, 1.82) is 0 Å². The van der Waals surface area contributed by atoms with E-state index in [1.54, 1.807) is 48.6 Å². The summed E-state index contributed by atoms with van der Waals surface area (Å²) in [6, 6.07) is 17.8. The van der Waals surface area contributed by atoms with Gasteiger partial charge in [-0.15, -0.1) is 0 Å². The summed E-state index contributed by atoms with van der Waals surface area (Å²) >= 11 is 0. The summed E-state index contributed by atoms with van der Waals surface area (Å²) in [5.41, 5.74) is 4.48. The number of rotatable bonds is 4. The predicted molar refractivity (Wildman–Crippen MR) is 120 cm³/mol. The Balaban J connectivity index is 1.79. The molecule has 5 heteroatoms. The zero-order valence-corrected chi connectivity index (χ0v) is 17.3. The monoisotopic (exact) mass is 414 g/mol. The van der Waals surface area contributed by atoms with Gasteiger partial charge in [-0.2, -0.15) is 0 Å². The predicted octanol–water partition coefficient (Wildman–Crippen LogP) is 4.86. The quantitative estimate of drug-likeness (QED) is 0.596. The Labute approximate surface area is 180 Å². The molecular formula is C26H22O5. The standard InChI is InChI=1S/C26H22O5/c1-30-24-9-7-16(13-22(24)27)11-19-15-18-5-3-4-6-20(18)21(26(19)29)12-17-8-10-25(31-2)23(28)14-17/h3-14,27-28H,15H2,1-2H3/b19-11+,21-12?. The molecule has 3 aromatic rings. The van der Waals surface area contributed by atoms with Crippen LogP contribution >= 0.6 is 0 Å². The van der Waals surface area contributed by atoms with Gasteiger partial charge in [-0.1, -0.05) is 36.4 Å². The average Bonchev–Trinajstić information content (AvgIpc) is 2.77. The first-order valence-electron chi connectivity index (χ1n) is 9.79. The zero-order valence-electron chi connectivity index (χ0n) is 17.3. The first-order valence-corrected chi connectivity index (χ1v) is 9.79. The third-order valence-electron chi connectivity index (χ3n) is 5.28. The van der Waals surface area contributed by atoms with Gasteiger partial charge in [-0.05, 0) is 58.7 Å². The SMILES string of the molecule is COc1ccc(C=C2C(=O)/C(=C/c3ccc(OC)c(O)c3)Cc3ccccc32)cc1O. The van der Waals surface area contributed by atoms with E-state index in [0.717, 1.165) is 11.1 Å². The molecule has 5 nitrogen and oxygen atoms in total. The number of ketones is 1. The van der Waals surface area contributed by atoms with Crippen LogP contribution in [0.4, 0.5) is 0 Å². The third kappa shape index (κ3) is 4.03. The topological polar surface area (TPSA) is 76.0 Å². The Morgan fingerprint density at radius 1 is 0.806 bits per heavy atom. The van der Waals surface area contributed by atoms with Crippen molar-refractivity contribution in [3.8, 4) is 23.0 Å². The highest BCUT2D eigenvalue weighted by Crippen LogP contribution is 2.36. The maximum Gasteiger partial charge on any atom is 0.189 e. The maximum atomic E-state index is 13.4. The molecular weight excluding hydrogens is 392 g/mol. The first-order chi connectivity index (χ1) is 15.0. The van der Waals surface area contributed by atoms with Crippen LogP contribution in [0.5, 0.6) is 23.0 Å². The Morgan fingerprint density at radius 3 is 1.97 bits per heavy atom. The summed E-state index contributed by atoms with van der Waals surface area (Å²) in [6.45, 7) is 0. The third-order valence-corrected chi connectivity index (χ3v) is 5.28. The Kier molecular flexibility index (Phi) is 5.50. The molecule has 0 bridgehead atoms. The van der Waals surface area contributed by atoms with Gasteiger partial charge in [0.15, 0.2) is 28.8 Å². The van der Waals surface area contributed by atoms with E-state index in [2.05, 4.69) is 0 Å². The van der Waals surface area contributed by atoms with Crippen LogP contribution in [0.25, 0.3) is 17.7 Å². The van der Waals surface area contributed by atoms with Crippen molar-refractivity contribution in [3.63, 3.8) is 0 Å². The van der Waals surface area contributed by atoms with E-state index in [0.29, 0.717) is 40.2 Å². The number of phenols is 2. The molecule has 156 valence electrons. The number of hydrogen-bond donors (Lipinski definition) is 2. The van der Waals surface area contributed by atoms with Gasteiger partial charge in [0.2, 0.25) is 0 Å². The molecule has 3 aromatic carbocycles. The second-order valence-electron chi connectivity index (χ2n) is 7.25. The summed E-state index contributed by atoms with van der Waals surface area (Å²) in [5.74, 6) is 0.687. The van der Waals surface area contributed by atoms with Gasteiger partial charge in [0.1, 0.15) is 0 Å². The van der Waals surface area contributed by atoms with Crippen molar-refractivity contribution in [2.75, 3.05) is 14.2 Å². The van der Waals surface area contributed by atoms with Crippen LogP contribution in [0.15, 0.2) is 66.2 Å². The number of benzene rings is 3. The summed E-state index contributed by atoms with van der Waals surface area (Å²) in [5, 5.41) is 20.2. The number of fused-ring (bicyclic) bond motifs is 1. The normalized spacial score (nSPS) is 15.7. The molecule has 0 unspecified atom stereocenters. The van der Waals surface area contributed by atoms with Gasteiger partial charge in [-0.25, -0.2) is 0 Å². The summed E-state index contributed by atoms with van der Waals surface area (Å²) in [7, 11) is 2.98. The molecule has 0 spiro atoms. The van der Waals surface area contributed by atoms with Gasteiger partial charge in [0, 0.05) is 17.6 Å². The van der Waals surface area contributed by atoms with Gasteiger partial charge in [0.25, 0.3) is 0 Å². The molecule has 0 saturated heterocycles. The molecule has 1 aliphatic rings. The Morgan fingerprint density at radius 2 is 1.39 bits per heavy atom. The van der Waals surface area contributed by atoms with Crippen molar-refractivity contribution in [1.82, 2.24) is 0 Å². The average molecular weight is 414 g/mol. The van der Waals surface area contributed by atoms with Crippen LogP contribution in [0, 0.1) is 0 Å². The highest BCUT2D eigenvalue weighted by atomic mass is 16.5. The van der Waals surface area contributed by atoms with Crippen molar-refractivity contribution < 1.29 is 24.5 Å². The van der Waals surface area contributed by atoms with Crippen LogP contribution in [0.1, 0.15) is 22.3 Å². The van der Waals surface area contributed by atoms with E-state index in [4.69, 9.17) is 9.47 Å². The van der Waals surface area contributed by atoms with E-state index in [1.165, 1.54) is 14.2 Å². The van der Waals surface area contributed by atoms with Crippen LogP contribution in [0.2, 0.25) is 0 Å². The first kappa shape index (κ1) is 20.3. The molecule has 0 radical (unpaired) electrons. The Bertz CT molecular complexity index is 1220. The minimum Gasteiger partial charge on any atom is -0.504 e. The van der Waals surface area contributed by atoms with Crippen molar-refractivity contribution in [3.05, 3.63) is 88.5 Å². The van der Waals surface area contributed by atoms with Crippen LogP contribution in [0.3, 0.4) is 0 Å². The molecule has 4 rings (SSSR count). The number of carbonyl (C=O) groups is 1. The molecule has 0 saturated carbocycles. The number of aromatic hydroxyl groups is 2. The van der Waals surface area contributed by atoms with Crippen LogP contribution in [-0.4, -0.2) is 30.2 Å². The van der Waals surface area contributed by atoms with Gasteiger partial charge >= 0.3 is 0 Å². The van der Waals surface area contributed by atoms with Gasteiger partial charge in [0.05, 0.1) is 14.2 Å².